The molecule has 1 heterocycles. The summed E-state index contributed by atoms with van der Waals surface area (Å²) in [7, 11) is 1.91. The molecule has 0 saturated heterocycles. The highest BCUT2D eigenvalue weighted by Crippen LogP contribution is 2.11. The number of aromatic nitrogens is 2. The second-order valence-electron chi connectivity index (χ2n) is 2.21. The molecule has 0 radical (unpaired) electrons. The monoisotopic (exact) mass is 139 g/mol. The molecule has 1 rings (SSSR count). The average Bonchev–Trinajstić information content (AvgIpc) is 2.30. The predicted molar refractivity (Wildman–Crippen MR) is 42.2 cm³/mol. The molecule has 1 aromatic heterocycles. The van der Waals surface area contributed by atoms with Crippen molar-refractivity contribution in [2.75, 3.05) is 12.4 Å². The van der Waals surface area contributed by atoms with Gasteiger partial charge in [0.15, 0.2) is 0 Å². The molecule has 3 nitrogen and oxygen atoms in total. The minimum absolute atomic E-state index is 0.938. The van der Waals surface area contributed by atoms with Crippen LogP contribution in [0.3, 0.4) is 0 Å². The Morgan fingerprint density at radius 3 is 2.70 bits per heavy atom. The van der Waals surface area contributed by atoms with Crippen LogP contribution in [0.4, 0.5) is 5.69 Å². The van der Waals surface area contributed by atoms with Crippen molar-refractivity contribution in [3.8, 4) is 0 Å². The van der Waals surface area contributed by atoms with E-state index in [4.69, 9.17) is 0 Å². The number of nitrogens with one attached hydrogen (secondary N) is 1. The van der Waals surface area contributed by atoms with Crippen molar-refractivity contribution in [1.29, 1.82) is 0 Å². The maximum atomic E-state index is 4.16. The third-order valence-corrected chi connectivity index (χ3v) is 1.67. The summed E-state index contributed by atoms with van der Waals surface area (Å²) in [5, 5.41) is 7.23. The molecule has 0 aliphatic heterocycles. The molecular weight excluding hydrogens is 126 g/mol. The lowest BCUT2D eigenvalue weighted by atomic mass is 10.4. The highest BCUT2D eigenvalue weighted by molar-refractivity contribution is 5.44. The number of hydrogen-bond acceptors (Lipinski definition) is 2. The fraction of sp³-hybridized carbons (Fsp3) is 0.571. The zero-order valence-corrected chi connectivity index (χ0v) is 6.68. The van der Waals surface area contributed by atoms with Crippen LogP contribution < -0.4 is 5.32 Å². The average molecular weight is 139 g/mol. The number of nitrogens with zero attached hydrogens (tertiary/aromatic N) is 2. The van der Waals surface area contributed by atoms with Crippen LogP contribution in [0.5, 0.6) is 0 Å². The van der Waals surface area contributed by atoms with E-state index in [9.17, 15) is 0 Å². The van der Waals surface area contributed by atoms with Gasteiger partial charge < -0.3 is 5.32 Å². The van der Waals surface area contributed by atoms with Gasteiger partial charge in [0.05, 0.1) is 17.6 Å². The maximum absolute atomic E-state index is 4.16. The quantitative estimate of drug-likeness (QED) is 0.668. The molecule has 0 aliphatic rings. The zero-order chi connectivity index (χ0) is 7.56. The van der Waals surface area contributed by atoms with Gasteiger partial charge in [-0.2, -0.15) is 5.10 Å². The van der Waals surface area contributed by atoms with Gasteiger partial charge >= 0.3 is 0 Å². The fourth-order valence-electron chi connectivity index (χ4n) is 1.01. The summed E-state index contributed by atoms with van der Waals surface area (Å²) in [6.07, 6.45) is 1.85. The Hall–Kier alpha value is -0.990. The summed E-state index contributed by atoms with van der Waals surface area (Å²) in [6.45, 7) is 5.08. The number of hydrogen-bond donors (Lipinski definition) is 1. The third-order valence-electron chi connectivity index (χ3n) is 1.67. The predicted octanol–water partition coefficient (Wildman–Crippen LogP) is 1.25. The van der Waals surface area contributed by atoms with Crippen LogP contribution in [0.15, 0.2) is 6.20 Å². The van der Waals surface area contributed by atoms with E-state index >= 15 is 0 Å². The van der Waals surface area contributed by atoms with Crippen LogP contribution in [0.1, 0.15) is 12.6 Å². The molecule has 0 aromatic carbocycles. The first-order valence-corrected chi connectivity index (χ1v) is 3.49. The van der Waals surface area contributed by atoms with E-state index in [2.05, 4.69) is 24.3 Å². The molecule has 0 aliphatic carbocycles. The molecule has 1 N–H and O–H groups in total. The summed E-state index contributed by atoms with van der Waals surface area (Å²) in [5.74, 6) is 0. The fourth-order valence-corrected chi connectivity index (χ4v) is 1.01. The molecule has 3 heteroatoms. The van der Waals surface area contributed by atoms with Crippen molar-refractivity contribution in [1.82, 2.24) is 9.78 Å². The van der Waals surface area contributed by atoms with Gasteiger partial charge in [0, 0.05) is 13.6 Å². The lowest BCUT2D eigenvalue weighted by Gasteiger charge is -1.99. The van der Waals surface area contributed by atoms with Gasteiger partial charge in [-0.05, 0) is 13.8 Å². The van der Waals surface area contributed by atoms with Crippen molar-refractivity contribution in [3.05, 3.63) is 11.9 Å². The van der Waals surface area contributed by atoms with Crippen molar-refractivity contribution < 1.29 is 0 Å². The Labute approximate surface area is 61.0 Å². The minimum Gasteiger partial charge on any atom is -0.385 e. The van der Waals surface area contributed by atoms with Crippen molar-refractivity contribution in [2.45, 2.75) is 20.4 Å². The third kappa shape index (κ3) is 0.988. The van der Waals surface area contributed by atoms with Crippen LogP contribution in [-0.2, 0) is 6.54 Å². The van der Waals surface area contributed by atoms with Crippen molar-refractivity contribution >= 4 is 5.69 Å². The van der Waals surface area contributed by atoms with Crippen LogP contribution in [0.25, 0.3) is 0 Å². The topological polar surface area (TPSA) is 29.9 Å². The summed E-state index contributed by atoms with van der Waals surface area (Å²) in [6, 6.07) is 0. The summed E-state index contributed by atoms with van der Waals surface area (Å²) in [4.78, 5) is 0. The lowest BCUT2D eigenvalue weighted by Crippen LogP contribution is -1.99. The molecule has 0 amide bonds. The number of anilines is 1. The second-order valence-corrected chi connectivity index (χ2v) is 2.21. The largest absolute Gasteiger partial charge is 0.385 e. The molecule has 0 atom stereocenters. The Morgan fingerprint density at radius 1 is 1.70 bits per heavy atom. The van der Waals surface area contributed by atoms with Gasteiger partial charge in [0.1, 0.15) is 0 Å². The lowest BCUT2D eigenvalue weighted by molar-refractivity contribution is 0.640. The van der Waals surface area contributed by atoms with Crippen molar-refractivity contribution in [2.24, 2.45) is 0 Å². The van der Waals surface area contributed by atoms with E-state index in [0.29, 0.717) is 0 Å². The Morgan fingerprint density at radius 2 is 2.40 bits per heavy atom. The van der Waals surface area contributed by atoms with Crippen LogP contribution in [0, 0.1) is 6.92 Å². The van der Waals surface area contributed by atoms with Gasteiger partial charge in [-0.3, -0.25) is 4.68 Å². The van der Waals surface area contributed by atoms with E-state index in [1.807, 2.05) is 17.9 Å². The second kappa shape index (κ2) is 2.73. The highest BCUT2D eigenvalue weighted by atomic mass is 15.3. The molecule has 0 fully saturated rings. The molecule has 0 bridgehead atoms. The SMILES string of the molecule is CCn1ncc(NC)c1C. The molecular formula is C7H13N3. The van der Waals surface area contributed by atoms with E-state index in [0.717, 1.165) is 12.2 Å². The Balaban J connectivity index is 2.97. The summed E-state index contributed by atoms with van der Waals surface area (Å²) < 4.78 is 1.96. The number of aryl methyl sites for hydroxylation is 1. The summed E-state index contributed by atoms with van der Waals surface area (Å²) >= 11 is 0. The normalized spacial score (nSPS) is 9.90. The van der Waals surface area contributed by atoms with Gasteiger partial charge in [-0.1, -0.05) is 0 Å². The smallest absolute Gasteiger partial charge is 0.0753 e. The van der Waals surface area contributed by atoms with Crippen LogP contribution in [0.2, 0.25) is 0 Å². The molecule has 56 valence electrons. The van der Waals surface area contributed by atoms with E-state index in [1.165, 1.54) is 5.69 Å². The molecule has 1 aromatic rings. The van der Waals surface area contributed by atoms with Gasteiger partial charge in [0.2, 0.25) is 0 Å². The van der Waals surface area contributed by atoms with E-state index in [1.54, 1.807) is 0 Å². The molecule has 0 spiro atoms. The van der Waals surface area contributed by atoms with Gasteiger partial charge in [-0.25, -0.2) is 0 Å². The van der Waals surface area contributed by atoms with Gasteiger partial charge in [-0.15, -0.1) is 0 Å². The summed E-state index contributed by atoms with van der Waals surface area (Å²) in [5.41, 5.74) is 2.31. The standard InChI is InChI=1S/C7H13N3/c1-4-10-6(2)7(8-3)5-9-10/h5,8H,4H2,1-3H3. The number of rotatable bonds is 2. The molecule has 0 saturated carbocycles. The Bertz CT molecular complexity index is 193. The van der Waals surface area contributed by atoms with Crippen molar-refractivity contribution in [3.63, 3.8) is 0 Å². The maximum Gasteiger partial charge on any atom is 0.0753 e. The first kappa shape index (κ1) is 7.12. The van der Waals surface area contributed by atoms with E-state index in [-0.39, 0.29) is 0 Å². The van der Waals surface area contributed by atoms with E-state index < -0.39 is 0 Å². The van der Waals surface area contributed by atoms with Crippen LogP contribution in [-0.4, -0.2) is 16.8 Å². The first-order chi connectivity index (χ1) is 4.79. The molecule has 0 unspecified atom stereocenters. The zero-order valence-electron chi connectivity index (χ0n) is 6.68. The molecule has 10 heavy (non-hydrogen) atoms. The highest BCUT2D eigenvalue weighted by Gasteiger charge is 2.00. The van der Waals surface area contributed by atoms with Crippen LogP contribution >= 0.6 is 0 Å². The minimum atomic E-state index is 0.938. The van der Waals surface area contributed by atoms with Gasteiger partial charge in [0.25, 0.3) is 0 Å². The Kier molecular flexibility index (Phi) is 1.94. The first-order valence-electron chi connectivity index (χ1n) is 3.49.